The summed E-state index contributed by atoms with van der Waals surface area (Å²) in [4.78, 5) is 25.6. The average Bonchev–Trinajstić information content (AvgIpc) is 2.91. The molecule has 2 aromatic rings. The van der Waals surface area contributed by atoms with Crippen molar-refractivity contribution < 1.29 is 14.3 Å². The van der Waals surface area contributed by atoms with Crippen LogP contribution in [0, 0.1) is 24.7 Å². The zero-order chi connectivity index (χ0) is 27.7. The number of fused-ring (bicyclic) bond motifs is 1. The number of benzene rings is 1. The number of aryl methyl sites for hydroxylation is 1. The minimum atomic E-state index is -0.0856. The average molecular weight is 523 g/mol. The highest BCUT2D eigenvalue weighted by molar-refractivity contribution is 5.72. The summed E-state index contributed by atoms with van der Waals surface area (Å²) in [6.07, 6.45) is 6.52. The SMILES string of the molecule is CCC(C(=O)OC)C(C)C.COc1ccc(CN2CCN(Cc3nc(C)c4c(n3)=CCC(C)C=4)CC2)cc1. The number of esters is 1. The maximum atomic E-state index is 11.0. The van der Waals surface area contributed by atoms with Gasteiger partial charge >= 0.3 is 5.97 Å². The second-order valence-corrected chi connectivity index (χ2v) is 10.8. The number of rotatable bonds is 8. The molecule has 1 aromatic carbocycles. The summed E-state index contributed by atoms with van der Waals surface area (Å²) in [6, 6.07) is 8.39. The van der Waals surface area contributed by atoms with E-state index in [0.29, 0.717) is 11.8 Å². The molecule has 38 heavy (non-hydrogen) atoms. The maximum Gasteiger partial charge on any atom is 0.308 e. The Balaban J connectivity index is 0.000000342. The molecule has 2 heterocycles. The summed E-state index contributed by atoms with van der Waals surface area (Å²) in [5, 5.41) is 2.35. The van der Waals surface area contributed by atoms with Crippen molar-refractivity contribution >= 4 is 18.1 Å². The lowest BCUT2D eigenvalue weighted by Gasteiger charge is -2.34. The van der Waals surface area contributed by atoms with Crippen molar-refractivity contribution in [3.8, 4) is 5.75 Å². The molecule has 1 aromatic heterocycles. The van der Waals surface area contributed by atoms with E-state index in [2.05, 4.69) is 52.7 Å². The van der Waals surface area contributed by atoms with Gasteiger partial charge in [-0.25, -0.2) is 9.97 Å². The first-order chi connectivity index (χ1) is 18.2. The number of piperazine rings is 1. The number of hydrogen-bond acceptors (Lipinski definition) is 7. The molecule has 2 unspecified atom stereocenters. The Labute approximate surface area is 228 Å². The Morgan fingerprint density at radius 3 is 2.18 bits per heavy atom. The molecular formula is C31H46N4O3. The van der Waals surface area contributed by atoms with Gasteiger partial charge in [-0.15, -0.1) is 0 Å². The van der Waals surface area contributed by atoms with Gasteiger partial charge in [-0.05, 0) is 49.3 Å². The minimum Gasteiger partial charge on any atom is -0.497 e. The number of hydrogen-bond donors (Lipinski definition) is 0. The lowest BCUT2D eigenvalue weighted by molar-refractivity contribution is -0.147. The van der Waals surface area contributed by atoms with E-state index >= 15 is 0 Å². The fourth-order valence-electron chi connectivity index (χ4n) is 5.10. The lowest BCUT2D eigenvalue weighted by Crippen LogP contribution is -2.46. The molecule has 1 aliphatic carbocycles. The van der Waals surface area contributed by atoms with Gasteiger partial charge in [0.2, 0.25) is 0 Å². The zero-order valence-electron chi connectivity index (χ0n) is 24.4. The minimum absolute atomic E-state index is 0.0741. The smallest absolute Gasteiger partial charge is 0.308 e. The predicted octanol–water partition coefficient (Wildman–Crippen LogP) is 3.55. The maximum absolute atomic E-state index is 11.0. The van der Waals surface area contributed by atoms with E-state index in [-0.39, 0.29) is 11.9 Å². The largest absolute Gasteiger partial charge is 0.497 e. The summed E-state index contributed by atoms with van der Waals surface area (Å²) >= 11 is 0. The first kappa shape index (κ1) is 29.8. The standard InChI is InChI=1S/C23H30N4O.C8H16O2/c1-17-4-9-22-21(14-17)18(2)24-23(25-22)16-27-12-10-26(11-13-27)15-19-5-7-20(28-3)8-6-19;1-5-7(6(2)3)8(9)10-4/h5-9,14,17H,4,10-13,15-16H2,1-3H3;6-7H,5H2,1-4H3. The topological polar surface area (TPSA) is 67.8 Å². The van der Waals surface area contributed by atoms with E-state index in [1.54, 1.807) is 7.11 Å². The third-order valence-corrected chi connectivity index (χ3v) is 7.49. The first-order valence-corrected chi connectivity index (χ1v) is 13.9. The lowest BCUT2D eigenvalue weighted by atomic mass is 9.94. The molecule has 2 aliphatic rings. The van der Waals surface area contributed by atoms with Crippen LogP contribution < -0.4 is 15.3 Å². The van der Waals surface area contributed by atoms with Gasteiger partial charge in [0, 0.05) is 43.6 Å². The molecule has 7 nitrogen and oxygen atoms in total. The van der Waals surface area contributed by atoms with Crippen LogP contribution in [-0.2, 0) is 22.6 Å². The Bertz CT molecular complexity index is 1150. The molecular weight excluding hydrogens is 476 g/mol. The number of carbonyl (C=O) groups is 1. The molecule has 7 heteroatoms. The van der Waals surface area contributed by atoms with Crippen LogP contribution in [0.3, 0.4) is 0 Å². The van der Waals surface area contributed by atoms with Crippen LogP contribution in [0.1, 0.15) is 57.6 Å². The molecule has 0 spiro atoms. The highest BCUT2D eigenvalue weighted by Gasteiger charge is 2.20. The van der Waals surface area contributed by atoms with Crippen LogP contribution in [0.5, 0.6) is 5.75 Å². The molecule has 2 atom stereocenters. The first-order valence-electron chi connectivity index (χ1n) is 13.9. The molecule has 0 bridgehead atoms. The molecule has 0 N–H and O–H groups in total. The number of ether oxygens (including phenoxy) is 2. The van der Waals surface area contributed by atoms with Crippen molar-refractivity contribution in [3.63, 3.8) is 0 Å². The van der Waals surface area contributed by atoms with E-state index in [0.717, 1.165) is 74.7 Å². The molecule has 1 fully saturated rings. The van der Waals surface area contributed by atoms with Crippen LogP contribution >= 0.6 is 0 Å². The normalized spacial score (nSPS) is 18.4. The monoisotopic (exact) mass is 522 g/mol. The van der Waals surface area contributed by atoms with E-state index < -0.39 is 0 Å². The van der Waals surface area contributed by atoms with Gasteiger partial charge < -0.3 is 9.47 Å². The van der Waals surface area contributed by atoms with Crippen LogP contribution in [0.25, 0.3) is 12.2 Å². The molecule has 0 saturated carbocycles. The number of methoxy groups -OCH3 is 2. The van der Waals surface area contributed by atoms with Crippen molar-refractivity contribution in [1.29, 1.82) is 0 Å². The Morgan fingerprint density at radius 2 is 1.66 bits per heavy atom. The summed E-state index contributed by atoms with van der Waals surface area (Å²) in [5.74, 6) is 2.83. The summed E-state index contributed by atoms with van der Waals surface area (Å²) < 4.78 is 9.87. The van der Waals surface area contributed by atoms with Gasteiger partial charge in [-0.2, -0.15) is 0 Å². The van der Waals surface area contributed by atoms with Gasteiger partial charge in [0.1, 0.15) is 11.6 Å². The summed E-state index contributed by atoms with van der Waals surface area (Å²) in [6.45, 7) is 16.5. The van der Waals surface area contributed by atoms with Crippen LogP contribution in [0.15, 0.2) is 24.3 Å². The fourth-order valence-corrected chi connectivity index (χ4v) is 5.10. The van der Waals surface area contributed by atoms with Crippen molar-refractivity contribution in [2.45, 2.75) is 60.5 Å². The van der Waals surface area contributed by atoms with E-state index in [4.69, 9.17) is 14.7 Å². The fraction of sp³-hybridized carbons (Fsp3) is 0.581. The number of nitrogens with zero attached hydrogens (tertiary/aromatic N) is 4. The third-order valence-electron chi connectivity index (χ3n) is 7.49. The van der Waals surface area contributed by atoms with Crippen molar-refractivity contribution in [2.75, 3.05) is 40.4 Å². The van der Waals surface area contributed by atoms with Gasteiger partial charge in [-0.1, -0.05) is 52.0 Å². The second-order valence-electron chi connectivity index (χ2n) is 10.8. The predicted molar refractivity (Wildman–Crippen MR) is 153 cm³/mol. The number of aromatic nitrogens is 2. The highest BCUT2D eigenvalue weighted by Crippen LogP contribution is 2.16. The summed E-state index contributed by atoms with van der Waals surface area (Å²) in [5.41, 5.74) is 2.45. The molecule has 0 radical (unpaired) electrons. The van der Waals surface area contributed by atoms with Gasteiger partial charge in [0.15, 0.2) is 0 Å². The Kier molecular flexibility index (Phi) is 11.3. The molecule has 1 aliphatic heterocycles. The van der Waals surface area contributed by atoms with Gasteiger partial charge in [0.05, 0.1) is 32.0 Å². The van der Waals surface area contributed by atoms with E-state index in [1.807, 2.05) is 32.9 Å². The summed E-state index contributed by atoms with van der Waals surface area (Å²) in [7, 11) is 3.15. The molecule has 4 rings (SSSR count). The second kappa shape index (κ2) is 14.4. The van der Waals surface area contributed by atoms with Crippen molar-refractivity contribution in [3.05, 3.63) is 51.9 Å². The molecule has 208 valence electrons. The number of carbonyl (C=O) groups excluding carboxylic acids is 1. The highest BCUT2D eigenvalue weighted by atomic mass is 16.5. The molecule has 1 saturated heterocycles. The van der Waals surface area contributed by atoms with Crippen molar-refractivity contribution in [1.82, 2.24) is 19.8 Å². The van der Waals surface area contributed by atoms with Crippen LogP contribution in [-0.4, -0.2) is 66.1 Å². The van der Waals surface area contributed by atoms with E-state index in [9.17, 15) is 4.79 Å². The Hall–Kier alpha value is -2.77. The quantitative estimate of drug-likeness (QED) is 0.491. The van der Waals surface area contributed by atoms with Gasteiger partial charge in [-0.3, -0.25) is 14.6 Å². The van der Waals surface area contributed by atoms with Gasteiger partial charge in [0.25, 0.3) is 0 Å². The third kappa shape index (κ3) is 8.37. The van der Waals surface area contributed by atoms with E-state index in [1.165, 1.54) is 17.9 Å². The molecule has 0 amide bonds. The van der Waals surface area contributed by atoms with Crippen LogP contribution in [0.2, 0.25) is 0 Å². The van der Waals surface area contributed by atoms with Crippen LogP contribution in [0.4, 0.5) is 0 Å². The Morgan fingerprint density at radius 1 is 1.03 bits per heavy atom. The van der Waals surface area contributed by atoms with Crippen molar-refractivity contribution in [2.24, 2.45) is 17.8 Å². The zero-order valence-corrected chi connectivity index (χ0v) is 24.4.